The number of pyridine rings is 2. The first-order valence-electron chi connectivity index (χ1n) is 11.8. The molecule has 0 unspecified atom stereocenters. The predicted octanol–water partition coefficient (Wildman–Crippen LogP) is 1.83. The number of rotatable bonds is 7. The van der Waals surface area contributed by atoms with Crippen LogP contribution in [-0.2, 0) is 11.8 Å². The van der Waals surface area contributed by atoms with E-state index < -0.39 is 0 Å². The number of nitrogens with two attached hydrogens (primary N) is 1. The van der Waals surface area contributed by atoms with Crippen LogP contribution in [0.4, 0.5) is 5.82 Å². The molecule has 0 aliphatic carbocycles. The number of imidazole rings is 1. The molecule has 1 saturated heterocycles. The van der Waals surface area contributed by atoms with Crippen LogP contribution in [0.5, 0.6) is 5.88 Å². The van der Waals surface area contributed by atoms with Gasteiger partial charge in [0.15, 0.2) is 5.82 Å². The standard InChI is InChI=1S/C25H31N7O3/c1-29(2)9-4-12-35-21-8-6-18(16-27-21)17-5-7-20-19(15-17)22-23(24(26)28-20)30(3)25(33)32(22)31-10-13-34-14-11-31/h5-8,15-16H,4,9-14H2,1-3H3,(H2,26,28). The number of benzene rings is 1. The van der Waals surface area contributed by atoms with E-state index >= 15 is 0 Å². The lowest BCUT2D eigenvalue weighted by molar-refractivity contribution is 0.111. The molecule has 1 aliphatic heterocycles. The summed E-state index contributed by atoms with van der Waals surface area (Å²) < 4.78 is 14.6. The Bertz CT molecular complexity index is 1400. The smallest absolute Gasteiger partial charge is 0.347 e. The van der Waals surface area contributed by atoms with Crippen LogP contribution in [0.1, 0.15) is 6.42 Å². The van der Waals surface area contributed by atoms with Crippen LogP contribution in [-0.4, -0.2) is 77.7 Å². The van der Waals surface area contributed by atoms with Crippen LogP contribution in [0, 0.1) is 0 Å². The van der Waals surface area contributed by atoms with E-state index in [2.05, 4.69) is 20.9 Å². The Morgan fingerprint density at radius 1 is 1.11 bits per heavy atom. The molecule has 3 aromatic heterocycles. The quantitative estimate of drug-likeness (QED) is 0.402. The summed E-state index contributed by atoms with van der Waals surface area (Å²) in [6, 6.07) is 9.87. The van der Waals surface area contributed by atoms with Crippen molar-refractivity contribution in [1.82, 2.24) is 24.1 Å². The fourth-order valence-corrected chi connectivity index (χ4v) is 4.52. The highest BCUT2D eigenvalue weighted by molar-refractivity contribution is 6.08. The summed E-state index contributed by atoms with van der Waals surface area (Å²) in [4.78, 5) is 24.5. The van der Waals surface area contributed by atoms with Crippen molar-refractivity contribution in [3.8, 4) is 17.0 Å². The minimum Gasteiger partial charge on any atom is -0.478 e. The summed E-state index contributed by atoms with van der Waals surface area (Å²) in [6.07, 6.45) is 2.75. The Balaban J connectivity index is 1.54. The number of hydrogen-bond donors (Lipinski definition) is 1. The number of ether oxygens (including phenoxy) is 2. The summed E-state index contributed by atoms with van der Waals surface area (Å²) >= 11 is 0. The maximum Gasteiger partial charge on any atom is 0.347 e. The van der Waals surface area contributed by atoms with Gasteiger partial charge in [-0.05, 0) is 44.3 Å². The number of hydrogen-bond acceptors (Lipinski definition) is 8. The molecule has 1 aliphatic rings. The largest absolute Gasteiger partial charge is 0.478 e. The van der Waals surface area contributed by atoms with Crippen LogP contribution in [0.3, 0.4) is 0 Å². The molecule has 35 heavy (non-hydrogen) atoms. The number of morpholine rings is 1. The van der Waals surface area contributed by atoms with Crippen LogP contribution in [0.2, 0.25) is 0 Å². The van der Waals surface area contributed by atoms with Gasteiger partial charge in [-0.3, -0.25) is 4.57 Å². The van der Waals surface area contributed by atoms with E-state index in [1.807, 2.05) is 49.6 Å². The zero-order chi connectivity index (χ0) is 24.5. The van der Waals surface area contributed by atoms with Crippen LogP contribution in [0.25, 0.3) is 33.1 Å². The van der Waals surface area contributed by atoms with Crippen molar-refractivity contribution in [1.29, 1.82) is 0 Å². The molecule has 2 N–H and O–H groups in total. The molecule has 0 radical (unpaired) electrons. The van der Waals surface area contributed by atoms with Gasteiger partial charge in [0, 0.05) is 36.8 Å². The highest BCUT2D eigenvalue weighted by atomic mass is 16.5. The van der Waals surface area contributed by atoms with Gasteiger partial charge in [-0.1, -0.05) is 6.07 Å². The number of nitrogen functional groups attached to an aromatic ring is 1. The third-order valence-corrected chi connectivity index (χ3v) is 6.31. The van der Waals surface area contributed by atoms with Crippen molar-refractivity contribution in [3.05, 3.63) is 47.0 Å². The normalized spacial score (nSPS) is 14.3. The van der Waals surface area contributed by atoms with E-state index in [0.29, 0.717) is 50.1 Å². The third kappa shape index (κ3) is 4.42. The zero-order valence-corrected chi connectivity index (χ0v) is 20.4. The fourth-order valence-electron chi connectivity index (χ4n) is 4.52. The topological polar surface area (TPSA) is 104 Å². The van der Waals surface area contributed by atoms with Crippen molar-refractivity contribution in [2.24, 2.45) is 7.05 Å². The van der Waals surface area contributed by atoms with Crippen LogP contribution in [0.15, 0.2) is 41.3 Å². The minimum atomic E-state index is -0.147. The molecule has 4 heterocycles. The van der Waals surface area contributed by atoms with E-state index in [0.717, 1.165) is 40.5 Å². The molecule has 10 nitrogen and oxygen atoms in total. The first-order chi connectivity index (χ1) is 16.9. The number of aromatic nitrogens is 4. The molecule has 1 fully saturated rings. The number of nitrogens with zero attached hydrogens (tertiary/aromatic N) is 6. The molecule has 0 spiro atoms. The van der Waals surface area contributed by atoms with Gasteiger partial charge in [-0.25, -0.2) is 19.4 Å². The summed E-state index contributed by atoms with van der Waals surface area (Å²) in [5.74, 6) is 0.943. The molecule has 0 amide bonds. The Kier molecular flexibility index (Phi) is 6.31. The second-order valence-electron chi connectivity index (χ2n) is 9.04. The van der Waals surface area contributed by atoms with Crippen LogP contribution >= 0.6 is 0 Å². The van der Waals surface area contributed by atoms with E-state index in [4.69, 9.17) is 15.2 Å². The van der Waals surface area contributed by atoms with Crippen molar-refractivity contribution in [2.75, 3.05) is 64.3 Å². The third-order valence-electron chi connectivity index (χ3n) is 6.31. The van der Waals surface area contributed by atoms with Gasteiger partial charge >= 0.3 is 5.69 Å². The van der Waals surface area contributed by atoms with Crippen molar-refractivity contribution >= 4 is 27.8 Å². The number of anilines is 1. The predicted molar refractivity (Wildman–Crippen MR) is 138 cm³/mol. The summed E-state index contributed by atoms with van der Waals surface area (Å²) in [6.45, 7) is 3.99. The molecule has 184 valence electrons. The summed E-state index contributed by atoms with van der Waals surface area (Å²) in [5.41, 5.74) is 10.2. The molecule has 0 bridgehead atoms. The lowest BCUT2D eigenvalue weighted by Crippen LogP contribution is -2.48. The Morgan fingerprint density at radius 2 is 1.89 bits per heavy atom. The molecular weight excluding hydrogens is 446 g/mol. The molecular formula is C25H31N7O3. The van der Waals surface area contributed by atoms with E-state index in [1.54, 1.807) is 16.3 Å². The fraction of sp³-hybridized carbons (Fsp3) is 0.400. The van der Waals surface area contributed by atoms with Gasteiger partial charge in [0.1, 0.15) is 11.0 Å². The Hall–Kier alpha value is -3.63. The first kappa shape index (κ1) is 23.1. The van der Waals surface area contributed by atoms with Gasteiger partial charge in [-0.2, -0.15) is 0 Å². The van der Waals surface area contributed by atoms with Gasteiger partial charge in [0.05, 0.1) is 38.4 Å². The average molecular weight is 478 g/mol. The zero-order valence-electron chi connectivity index (χ0n) is 20.4. The number of aryl methyl sites for hydroxylation is 1. The summed E-state index contributed by atoms with van der Waals surface area (Å²) in [7, 11) is 5.82. The molecule has 10 heteroatoms. The maximum atomic E-state index is 13.3. The van der Waals surface area contributed by atoms with Crippen molar-refractivity contribution < 1.29 is 9.47 Å². The highest BCUT2D eigenvalue weighted by Crippen LogP contribution is 2.31. The average Bonchev–Trinajstić information content (AvgIpc) is 3.14. The van der Waals surface area contributed by atoms with Gasteiger partial charge in [0.2, 0.25) is 5.88 Å². The van der Waals surface area contributed by atoms with Gasteiger partial charge < -0.3 is 25.1 Å². The van der Waals surface area contributed by atoms with Gasteiger partial charge in [0.25, 0.3) is 0 Å². The van der Waals surface area contributed by atoms with E-state index in [-0.39, 0.29) is 5.69 Å². The monoisotopic (exact) mass is 477 g/mol. The SMILES string of the molecule is CN(C)CCCOc1ccc(-c2ccc3nc(N)c4c(c3c2)n(N2CCOCC2)c(=O)n4C)cn1. The second kappa shape index (κ2) is 9.55. The summed E-state index contributed by atoms with van der Waals surface area (Å²) in [5, 5.41) is 2.88. The highest BCUT2D eigenvalue weighted by Gasteiger charge is 2.23. The van der Waals surface area contributed by atoms with Gasteiger partial charge in [-0.15, -0.1) is 0 Å². The minimum absolute atomic E-state index is 0.147. The van der Waals surface area contributed by atoms with Crippen molar-refractivity contribution in [2.45, 2.75) is 6.42 Å². The Labute approximate surface area is 203 Å². The molecule has 5 rings (SSSR count). The molecule has 0 atom stereocenters. The van der Waals surface area contributed by atoms with E-state index in [1.165, 1.54) is 0 Å². The molecule has 1 aromatic carbocycles. The lowest BCUT2D eigenvalue weighted by Gasteiger charge is -2.29. The number of fused-ring (bicyclic) bond motifs is 3. The van der Waals surface area contributed by atoms with E-state index in [9.17, 15) is 4.79 Å². The molecule has 4 aromatic rings. The van der Waals surface area contributed by atoms with Crippen LogP contribution < -0.4 is 21.2 Å². The maximum absolute atomic E-state index is 13.3. The van der Waals surface area contributed by atoms with Crippen molar-refractivity contribution in [3.63, 3.8) is 0 Å². The molecule has 0 saturated carbocycles. The lowest BCUT2D eigenvalue weighted by atomic mass is 10.0. The first-order valence-corrected chi connectivity index (χ1v) is 11.8. The Morgan fingerprint density at radius 3 is 2.60 bits per heavy atom. The second-order valence-corrected chi connectivity index (χ2v) is 9.04.